The monoisotopic (exact) mass is 325 g/mol. The van der Waals surface area contributed by atoms with E-state index in [0.717, 1.165) is 5.56 Å². The minimum Gasteiger partial charge on any atom is -0.497 e. The molecule has 0 aliphatic carbocycles. The van der Waals surface area contributed by atoms with Crippen LogP contribution >= 0.6 is 0 Å². The van der Waals surface area contributed by atoms with E-state index in [-0.39, 0.29) is 18.3 Å². The molecular formula is C19H19NO4. The largest absolute Gasteiger partial charge is 0.497 e. The SMILES string of the molecule is COc1ccc(OC(=O)[C@@H]2CC(=O)N(Cc3ccccc3)C2)cc1. The van der Waals surface area contributed by atoms with Gasteiger partial charge < -0.3 is 14.4 Å². The molecule has 1 aliphatic heterocycles. The minimum atomic E-state index is -0.427. The van der Waals surface area contributed by atoms with Gasteiger partial charge in [-0.1, -0.05) is 30.3 Å². The Morgan fingerprint density at radius 1 is 1.08 bits per heavy atom. The lowest BCUT2D eigenvalue weighted by molar-refractivity contribution is -0.139. The summed E-state index contributed by atoms with van der Waals surface area (Å²) in [7, 11) is 1.58. The van der Waals surface area contributed by atoms with E-state index in [1.54, 1.807) is 36.3 Å². The highest BCUT2D eigenvalue weighted by molar-refractivity contribution is 5.87. The molecule has 0 N–H and O–H groups in total. The lowest BCUT2D eigenvalue weighted by Crippen LogP contribution is -2.27. The average Bonchev–Trinajstić information content (AvgIpc) is 2.97. The van der Waals surface area contributed by atoms with Gasteiger partial charge in [0.25, 0.3) is 0 Å². The van der Waals surface area contributed by atoms with Gasteiger partial charge in [-0.25, -0.2) is 0 Å². The van der Waals surface area contributed by atoms with Gasteiger partial charge in [-0.05, 0) is 29.8 Å². The molecule has 5 heteroatoms. The molecule has 1 atom stereocenters. The summed E-state index contributed by atoms with van der Waals surface area (Å²) >= 11 is 0. The lowest BCUT2D eigenvalue weighted by atomic mass is 10.1. The van der Waals surface area contributed by atoms with Crippen LogP contribution in [-0.4, -0.2) is 30.4 Å². The quantitative estimate of drug-likeness (QED) is 0.626. The van der Waals surface area contributed by atoms with Crippen LogP contribution in [0.4, 0.5) is 0 Å². The Morgan fingerprint density at radius 3 is 2.42 bits per heavy atom. The number of carbonyl (C=O) groups excluding carboxylic acids is 2. The fraction of sp³-hybridized carbons (Fsp3) is 0.263. The fourth-order valence-electron chi connectivity index (χ4n) is 2.73. The molecule has 3 rings (SSSR count). The number of methoxy groups -OCH3 is 1. The van der Waals surface area contributed by atoms with E-state index in [2.05, 4.69) is 0 Å². The smallest absolute Gasteiger partial charge is 0.316 e. The summed E-state index contributed by atoms with van der Waals surface area (Å²) in [6, 6.07) is 16.5. The van der Waals surface area contributed by atoms with Crippen molar-refractivity contribution >= 4 is 11.9 Å². The third kappa shape index (κ3) is 3.74. The maximum atomic E-state index is 12.3. The fourth-order valence-corrected chi connectivity index (χ4v) is 2.73. The predicted octanol–water partition coefficient (Wildman–Crippen LogP) is 2.65. The Hall–Kier alpha value is -2.82. The third-order valence-electron chi connectivity index (χ3n) is 4.04. The number of esters is 1. The van der Waals surface area contributed by atoms with Gasteiger partial charge in [0.15, 0.2) is 0 Å². The molecular weight excluding hydrogens is 306 g/mol. The summed E-state index contributed by atoms with van der Waals surface area (Å²) in [5.74, 6) is 0.331. The van der Waals surface area contributed by atoms with Crippen LogP contribution in [0.25, 0.3) is 0 Å². The first-order valence-corrected chi connectivity index (χ1v) is 7.83. The van der Waals surface area contributed by atoms with Crippen LogP contribution in [0.1, 0.15) is 12.0 Å². The third-order valence-corrected chi connectivity index (χ3v) is 4.04. The number of hydrogen-bond donors (Lipinski definition) is 0. The molecule has 0 radical (unpaired) electrons. The van der Waals surface area contributed by atoms with Gasteiger partial charge in [0.2, 0.25) is 5.91 Å². The molecule has 2 aromatic carbocycles. The zero-order chi connectivity index (χ0) is 16.9. The number of nitrogens with zero attached hydrogens (tertiary/aromatic N) is 1. The molecule has 5 nitrogen and oxygen atoms in total. The summed E-state index contributed by atoms with van der Waals surface area (Å²) in [4.78, 5) is 26.1. The highest BCUT2D eigenvalue weighted by Gasteiger charge is 2.35. The standard InChI is InChI=1S/C19H19NO4/c1-23-16-7-9-17(10-8-16)24-19(22)15-11-18(21)20(13-15)12-14-5-3-2-4-6-14/h2-10,15H,11-13H2,1H3/t15-/m1/s1. The molecule has 1 amide bonds. The van der Waals surface area contributed by atoms with Gasteiger partial charge >= 0.3 is 5.97 Å². The molecule has 1 fully saturated rings. The Labute approximate surface area is 140 Å². The van der Waals surface area contributed by atoms with E-state index in [1.165, 1.54) is 0 Å². The second-order valence-corrected chi connectivity index (χ2v) is 5.76. The van der Waals surface area contributed by atoms with Gasteiger partial charge in [0, 0.05) is 19.5 Å². The van der Waals surface area contributed by atoms with Crippen molar-refractivity contribution in [3.63, 3.8) is 0 Å². The first kappa shape index (κ1) is 16.1. The number of amides is 1. The van der Waals surface area contributed by atoms with Gasteiger partial charge in [0.1, 0.15) is 11.5 Å². The first-order valence-electron chi connectivity index (χ1n) is 7.83. The molecule has 24 heavy (non-hydrogen) atoms. The van der Waals surface area contributed by atoms with Gasteiger partial charge in [-0.15, -0.1) is 0 Å². The maximum Gasteiger partial charge on any atom is 0.316 e. The summed E-state index contributed by atoms with van der Waals surface area (Å²) in [6.07, 6.45) is 0.196. The molecule has 124 valence electrons. The van der Waals surface area contributed by atoms with Gasteiger partial charge in [0.05, 0.1) is 13.0 Å². The molecule has 0 saturated carbocycles. The zero-order valence-electron chi connectivity index (χ0n) is 13.5. The van der Waals surface area contributed by atoms with Crippen LogP contribution in [0.5, 0.6) is 11.5 Å². The molecule has 0 aromatic heterocycles. The van der Waals surface area contributed by atoms with Crippen LogP contribution in [0.3, 0.4) is 0 Å². The predicted molar refractivity (Wildman–Crippen MR) is 88.6 cm³/mol. The van der Waals surface area contributed by atoms with E-state index in [0.29, 0.717) is 24.6 Å². The molecule has 1 heterocycles. The normalized spacial score (nSPS) is 17.0. The Bertz CT molecular complexity index is 712. The summed E-state index contributed by atoms with van der Waals surface area (Å²) in [5.41, 5.74) is 1.05. The van der Waals surface area contributed by atoms with Gasteiger partial charge in [-0.3, -0.25) is 9.59 Å². The number of likely N-dealkylation sites (tertiary alicyclic amines) is 1. The van der Waals surface area contributed by atoms with E-state index in [9.17, 15) is 9.59 Å². The van der Waals surface area contributed by atoms with E-state index in [4.69, 9.17) is 9.47 Å². The van der Waals surface area contributed by atoms with Crippen LogP contribution in [0.2, 0.25) is 0 Å². The molecule has 0 bridgehead atoms. The molecule has 2 aromatic rings. The Balaban J connectivity index is 1.59. The highest BCUT2D eigenvalue weighted by atomic mass is 16.5. The lowest BCUT2D eigenvalue weighted by Gasteiger charge is -2.16. The number of ether oxygens (including phenoxy) is 2. The topological polar surface area (TPSA) is 55.8 Å². The zero-order valence-corrected chi connectivity index (χ0v) is 13.5. The highest BCUT2D eigenvalue weighted by Crippen LogP contribution is 2.23. The molecule has 0 unspecified atom stereocenters. The van der Waals surface area contributed by atoms with Crippen molar-refractivity contribution in [2.75, 3.05) is 13.7 Å². The van der Waals surface area contributed by atoms with Crippen molar-refractivity contribution in [1.82, 2.24) is 4.90 Å². The average molecular weight is 325 g/mol. The number of hydrogen-bond acceptors (Lipinski definition) is 4. The van der Waals surface area contributed by atoms with Crippen molar-refractivity contribution in [2.45, 2.75) is 13.0 Å². The molecule has 1 saturated heterocycles. The van der Waals surface area contributed by atoms with Crippen molar-refractivity contribution in [3.05, 3.63) is 60.2 Å². The van der Waals surface area contributed by atoms with E-state index < -0.39 is 5.92 Å². The van der Waals surface area contributed by atoms with Crippen LogP contribution in [0, 0.1) is 5.92 Å². The van der Waals surface area contributed by atoms with Crippen LogP contribution in [0.15, 0.2) is 54.6 Å². The van der Waals surface area contributed by atoms with Crippen LogP contribution in [-0.2, 0) is 16.1 Å². The van der Waals surface area contributed by atoms with E-state index in [1.807, 2.05) is 30.3 Å². The second-order valence-electron chi connectivity index (χ2n) is 5.76. The number of carbonyl (C=O) groups is 2. The molecule has 1 aliphatic rings. The van der Waals surface area contributed by atoms with Crippen molar-refractivity contribution < 1.29 is 19.1 Å². The summed E-state index contributed by atoms with van der Waals surface area (Å²) in [6.45, 7) is 0.911. The first-order chi connectivity index (χ1) is 11.7. The summed E-state index contributed by atoms with van der Waals surface area (Å²) in [5, 5.41) is 0. The Kier molecular flexibility index (Phi) is 4.79. The van der Waals surface area contributed by atoms with Gasteiger partial charge in [-0.2, -0.15) is 0 Å². The maximum absolute atomic E-state index is 12.3. The number of benzene rings is 2. The van der Waals surface area contributed by atoms with Crippen molar-refractivity contribution in [1.29, 1.82) is 0 Å². The van der Waals surface area contributed by atoms with Crippen molar-refractivity contribution in [3.8, 4) is 11.5 Å². The van der Waals surface area contributed by atoms with E-state index >= 15 is 0 Å². The minimum absolute atomic E-state index is 0.0180. The summed E-state index contributed by atoms with van der Waals surface area (Å²) < 4.78 is 10.4. The van der Waals surface area contributed by atoms with Crippen LogP contribution < -0.4 is 9.47 Å². The molecule has 0 spiro atoms. The van der Waals surface area contributed by atoms with Crippen molar-refractivity contribution in [2.24, 2.45) is 5.92 Å². The number of rotatable bonds is 5. The second kappa shape index (κ2) is 7.17. The Morgan fingerprint density at radius 2 is 1.75 bits per heavy atom.